The van der Waals surface area contributed by atoms with Crippen LogP contribution in [0.25, 0.3) is 0 Å². The van der Waals surface area contributed by atoms with Crippen molar-refractivity contribution in [2.75, 3.05) is 26.2 Å². The molecule has 0 N–H and O–H groups in total. The van der Waals surface area contributed by atoms with E-state index in [1.54, 1.807) is 11.3 Å². The van der Waals surface area contributed by atoms with Gasteiger partial charge in [-0.25, -0.2) is 0 Å². The zero-order valence-corrected chi connectivity index (χ0v) is 15.1. The molecule has 24 heavy (non-hydrogen) atoms. The van der Waals surface area contributed by atoms with E-state index in [1.165, 1.54) is 4.88 Å². The van der Waals surface area contributed by atoms with Crippen LogP contribution in [-0.4, -0.2) is 52.1 Å². The van der Waals surface area contributed by atoms with Gasteiger partial charge in [0.05, 0.1) is 6.54 Å². The Bertz CT molecular complexity index is 645. The minimum Gasteiger partial charge on any atom is -0.424 e. The maximum absolute atomic E-state index is 12.3. The lowest BCUT2D eigenvalue weighted by atomic mass is 10.2. The molecule has 0 spiro atoms. The highest BCUT2D eigenvalue weighted by Crippen LogP contribution is 2.15. The Balaban J connectivity index is 1.42. The fourth-order valence-electron chi connectivity index (χ4n) is 2.75. The van der Waals surface area contributed by atoms with Gasteiger partial charge in [0.1, 0.15) is 0 Å². The third-order valence-corrected chi connectivity index (χ3v) is 5.16. The Morgan fingerprint density at radius 3 is 2.71 bits per heavy atom. The molecule has 0 aromatic carbocycles. The molecular formula is C17H24N4O2S. The SMILES string of the molecule is CC(C)c1nnc(CN2CCN(C(=O)CCc3cccs3)CC2)o1. The molecule has 0 bridgehead atoms. The first-order valence-corrected chi connectivity index (χ1v) is 9.34. The summed E-state index contributed by atoms with van der Waals surface area (Å²) in [5.74, 6) is 1.86. The molecule has 1 saturated heterocycles. The average molecular weight is 348 g/mol. The minimum absolute atomic E-state index is 0.253. The molecule has 1 aliphatic rings. The second-order valence-corrected chi connectivity index (χ2v) is 7.46. The van der Waals surface area contributed by atoms with Gasteiger partial charge in [-0.1, -0.05) is 19.9 Å². The number of thiophene rings is 1. The summed E-state index contributed by atoms with van der Waals surface area (Å²) < 4.78 is 5.66. The lowest BCUT2D eigenvalue weighted by molar-refractivity contribution is -0.133. The second-order valence-electron chi connectivity index (χ2n) is 6.43. The smallest absolute Gasteiger partial charge is 0.230 e. The largest absolute Gasteiger partial charge is 0.424 e. The predicted octanol–water partition coefficient (Wildman–Crippen LogP) is 2.53. The van der Waals surface area contributed by atoms with Crippen molar-refractivity contribution in [3.63, 3.8) is 0 Å². The number of hydrogen-bond donors (Lipinski definition) is 0. The van der Waals surface area contributed by atoms with Crippen molar-refractivity contribution in [3.8, 4) is 0 Å². The van der Waals surface area contributed by atoms with Gasteiger partial charge in [-0.2, -0.15) is 0 Å². The second kappa shape index (κ2) is 7.90. The monoisotopic (exact) mass is 348 g/mol. The Morgan fingerprint density at radius 1 is 1.29 bits per heavy atom. The molecule has 6 nitrogen and oxygen atoms in total. The van der Waals surface area contributed by atoms with E-state index in [1.807, 2.05) is 24.8 Å². The molecule has 0 atom stereocenters. The Morgan fingerprint density at radius 2 is 2.08 bits per heavy atom. The molecule has 7 heteroatoms. The first kappa shape index (κ1) is 17.1. The van der Waals surface area contributed by atoms with Gasteiger partial charge in [0.2, 0.25) is 17.7 Å². The fourth-order valence-corrected chi connectivity index (χ4v) is 3.46. The number of aryl methyl sites for hydroxylation is 1. The number of amides is 1. The molecule has 2 aromatic rings. The molecule has 3 heterocycles. The number of carbonyl (C=O) groups is 1. The molecule has 1 amide bonds. The highest BCUT2D eigenvalue weighted by atomic mass is 32.1. The van der Waals surface area contributed by atoms with Crippen LogP contribution in [0.2, 0.25) is 0 Å². The first-order valence-electron chi connectivity index (χ1n) is 8.46. The van der Waals surface area contributed by atoms with Gasteiger partial charge in [0.15, 0.2) is 0 Å². The summed E-state index contributed by atoms with van der Waals surface area (Å²) in [6.07, 6.45) is 1.44. The minimum atomic E-state index is 0.253. The summed E-state index contributed by atoms with van der Waals surface area (Å²) in [5.41, 5.74) is 0. The van der Waals surface area contributed by atoms with Gasteiger partial charge in [-0.05, 0) is 17.9 Å². The maximum Gasteiger partial charge on any atom is 0.230 e. The number of nitrogens with zero attached hydrogens (tertiary/aromatic N) is 4. The van der Waals surface area contributed by atoms with Crippen molar-refractivity contribution in [1.29, 1.82) is 0 Å². The van der Waals surface area contributed by atoms with Crippen molar-refractivity contribution < 1.29 is 9.21 Å². The third kappa shape index (κ3) is 4.42. The molecular weight excluding hydrogens is 324 g/mol. The molecule has 0 radical (unpaired) electrons. The van der Waals surface area contributed by atoms with Crippen LogP contribution in [0.4, 0.5) is 0 Å². The number of piperazine rings is 1. The van der Waals surface area contributed by atoms with Gasteiger partial charge in [0, 0.05) is 43.4 Å². The zero-order chi connectivity index (χ0) is 16.9. The predicted molar refractivity (Wildman–Crippen MR) is 92.9 cm³/mol. The third-order valence-electron chi connectivity index (χ3n) is 4.23. The Kier molecular flexibility index (Phi) is 5.63. The molecule has 1 fully saturated rings. The summed E-state index contributed by atoms with van der Waals surface area (Å²) >= 11 is 1.71. The summed E-state index contributed by atoms with van der Waals surface area (Å²) in [4.78, 5) is 17.8. The Labute approximate surface area is 146 Å². The van der Waals surface area contributed by atoms with Crippen LogP contribution >= 0.6 is 11.3 Å². The zero-order valence-electron chi connectivity index (χ0n) is 14.3. The summed E-state index contributed by atoms with van der Waals surface area (Å²) in [7, 11) is 0. The number of hydrogen-bond acceptors (Lipinski definition) is 6. The van der Waals surface area contributed by atoms with E-state index < -0.39 is 0 Å². The van der Waals surface area contributed by atoms with E-state index in [-0.39, 0.29) is 11.8 Å². The Hall–Kier alpha value is -1.73. The van der Waals surface area contributed by atoms with E-state index in [9.17, 15) is 4.79 Å². The van der Waals surface area contributed by atoms with Gasteiger partial charge in [-0.15, -0.1) is 21.5 Å². The molecule has 0 aliphatic carbocycles. The van der Waals surface area contributed by atoms with Crippen molar-refractivity contribution in [2.45, 2.75) is 39.2 Å². The van der Waals surface area contributed by atoms with Gasteiger partial charge in [0.25, 0.3) is 0 Å². The lowest BCUT2D eigenvalue weighted by Crippen LogP contribution is -2.48. The number of rotatable bonds is 6. The van der Waals surface area contributed by atoms with Crippen LogP contribution < -0.4 is 0 Å². The number of aromatic nitrogens is 2. The molecule has 1 aliphatic heterocycles. The summed E-state index contributed by atoms with van der Waals surface area (Å²) in [6, 6.07) is 4.12. The topological polar surface area (TPSA) is 62.5 Å². The highest BCUT2D eigenvalue weighted by molar-refractivity contribution is 7.09. The first-order chi connectivity index (χ1) is 11.6. The van der Waals surface area contributed by atoms with Crippen LogP contribution in [0, 0.1) is 0 Å². The summed E-state index contributed by atoms with van der Waals surface area (Å²) in [5, 5.41) is 10.2. The van der Waals surface area contributed by atoms with Gasteiger partial charge in [-0.3, -0.25) is 9.69 Å². The van der Waals surface area contributed by atoms with E-state index >= 15 is 0 Å². The van der Waals surface area contributed by atoms with E-state index in [4.69, 9.17) is 4.42 Å². The summed E-state index contributed by atoms with van der Waals surface area (Å²) in [6.45, 7) is 7.99. The molecule has 3 rings (SSSR count). The van der Waals surface area contributed by atoms with Crippen molar-refractivity contribution in [3.05, 3.63) is 34.2 Å². The molecule has 2 aromatic heterocycles. The highest BCUT2D eigenvalue weighted by Gasteiger charge is 2.22. The van der Waals surface area contributed by atoms with Crippen LogP contribution in [0.15, 0.2) is 21.9 Å². The van der Waals surface area contributed by atoms with Gasteiger partial charge >= 0.3 is 0 Å². The van der Waals surface area contributed by atoms with Crippen molar-refractivity contribution in [2.24, 2.45) is 0 Å². The molecule has 0 unspecified atom stereocenters. The molecule has 130 valence electrons. The van der Waals surface area contributed by atoms with Crippen LogP contribution in [0.5, 0.6) is 0 Å². The van der Waals surface area contributed by atoms with Crippen molar-refractivity contribution >= 4 is 17.2 Å². The fraction of sp³-hybridized carbons (Fsp3) is 0.588. The standard InChI is InChI=1S/C17H24N4O2S/c1-13(2)17-19-18-15(23-17)12-20-7-9-21(10-8-20)16(22)6-5-14-4-3-11-24-14/h3-4,11,13H,5-10,12H2,1-2H3. The molecule has 0 saturated carbocycles. The maximum atomic E-state index is 12.3. The quantitative estimate of drug-likeness (QED) is 0.803. The number of carbonyl (C=O) groups excluding carboxylic acids is 1. The van der Waals surface area contributed by atoms with Crippen LogP contribution in [-0.2, 0) is 17.8 Å². The van der Waals surface area contributed by atoms with E-state index in [2.05, 4.69) is 26.5 Å². The van der Waals surface area contributed by atoms with Gasteiger partial charge < -0.3 is 9.32 Å². The van der Waals surface area contributed by atoms with Crippen LogP contribution in [0.1, 0.15) is 42.8 Å². The van der Waals surface area contributed by atoms with E-state index in [0.717, 1.165) is 32.6 Å². The lowest BCUT2D eigenvalue weighted by Gasteiger charge is -2.34. The average Bonchev–Trinajstić information content (AvgIpc) is 3.25. The normalized spacial score (nSPS) is 16.0. The van der Waals surface area contributed by atoms with Crippen LogP contribution in [0.3, 0.4) is 0 Å². The van der Waals surface area contributed by atoms with E-state index in [0.29, 0.717) is 24.7 Å². The van der Waals surface area contributed by atoms with Crippen molar-refractivity contribution in [1.82, 2.24) is 20.0 Å².